The van der Waals surface area contributed by atoms with Crippen molar-refractivity contribution >= 4 is 16.9 Å². The minimum absolute atomic E-state index is 0.0110. The van der Waals surface area contributed by atoms with Crippen LogP contribution in [0.1, 0.15) is 49.0 Å². The molecule has 142 valence electrons. The number of aromatic nitrogens is 3. The van der Waals surface area contributed by atoms with Crippen LogP contribution in [0.5, 0.6) is 0 Å². The number of nitrogens with zero attached hydrogens (tertiary/aromatic N) is 2. The summed E-state index contributed by atoms with van der Waals surface area (Å²) in [4.78, 5) is 32.7. The number of hydrogen-bond acceptors (Lipinski definition) is 3. The first kappa shape index (κ1) is 18.9. The molecule has 0 saturated heterocycles. The van der Waals surface area contributed by atoms with Gasteiger partial charge in [0.15, 0.2) is 5.43 Å². The van der Waals surface area contributed by atoms with Crippen LogP contribution in [0.2, 0.25) is 0 Å². The van der Waals surface area contributed by atoms with E-state index in [0.717, 1.165) is 35.4 Å². The van der Waals surface area contributed by atoms with Gasteiger partial charge in [-0.3, -0.25) is 9.59 Å². The number of nitrogens with one attached hydrogen (secondary N) is 2. The first-order valence-corrected chi connectivity index (χ1v) is 9.35. The van der Waals surface area contributed by atoms with E-state index < -0.39 is 6.04 Å². The number of amides is 1. The van der Waals surface area contributed by atoms with Crippen LogP contribution in [-0.4, -0.2) is 20.4 Å². The van der Waals surface area contributed by atoms with E-state index >= 15 is 0 Å². The molecule has 3 rings (SSSR count). The van der Waals surface area contributed by atoms with Crippen LogP contribution in [0.25, 0.3) is 11.0 Å². The molecule has 0 fully saturated rings. The van der Waals surface area contributed by atoms with Crippen LogP contribution < -0.4 is 10.7 Å². The van der Waals surface area contributed by atoms with Crippen LogP contribution >= 0.6 is 0 Å². The smallest absolute Gasteiger partial charge is 0.243 e. The summed E-state index contributed by atoms with van der Waals surface area (Å²) in [6.07, 6.45) is 3.46. The summed E-state index contributed by atoms with van der Waals surface area (Å²) in [5.74, 6) is 0.817. The van der Waals surface area contributed by atoms with Crippen LogP contribution in [0.3, 0.4) is 0 Å². The minimum Gasteiger partial charge on any atom is -0.363 e. The first-order chi connectivity index (χ1) is 12.9. The fourth-order valence-corrected chi connectivity index (χ4v) is 3.35. The van der Waals surface area contributed by atoms with Crippen molar-refractivity contribution in [2.45, 2.75) is 53.1 Å². The zero-order valence-electron chi connectivity index (χ0n) is 16.3. The molecule has 2 aromatic heterocycles. The molecule has 0 bridgehead atoms. The molecular formula is C21H26N4O2. The fraction of sp³-hybridized carbons (Fsp3) is 0.381. The van der Waals surface area contributed by atoms with Gasteiger partial charge in [0, 0.05) is 29.4 Å². The van der Waals surface area contributed by atoms with Crippen molar-refractivity contribution in [2.75, 3.05) is 0 Å². The third-order valence-electron chi connectivity index (χ3n) is 4.96. The topological polar surface area (TPSA) is 79.8 Å². The predicted octanol–water partition coefficient (Wildman–Crippen LogP) is 3.17. The Morgan fingerprint density at radius 3 is 2.78 bits per heavy atom. The number of rotatable bonds is 6. The monoisotopic (exact) mass is 366 g/mol. The highest BCUT2D eigenvalue weighted by Crippen LogP contribution is 2.22. The lowest BCUT2D eigenvalue weighted by Crippen LogP contribution is -2.32. The van der Waals surface area contributed by atoms with Gasteiger partial charge >= 0.3 is 0 Å². The second-order valence-corrected chi connectivity index (χ2v) is 6.93. The normalized spacial score (nSPS) is 12.3. The van der Waals surface area contributed by atoms with E-state index in [-0.39, 0.29) is 11.3 Å². The first-order valence-electron chi connectivity index (χ1n) is 9.35. The number of aryl methyl sites for hydroxylation is 2. The Morgan fingerprint density at radius 1 is 1.30 bits per heavy atom. The summed E-state index contributed by atoms with van der Waals surface area (Å²) in [6.45, 7) is 7.83. The summed E-state index contributed by atoms with van der Waals surface area (Å²) >= 11 is 0. The quantitative estimate of drug-likeness (QED) is 0.703. The molecule has 0 aliphatic heterocycles. The summed E-state index contributed by atoms with van der Waals surface area (Å²) in [5, 5.41) is 2.95. The van der Waals surface area contributed by atoms with Crippen molar-refractivity contribution in [2.24, 2.45) is 0 Å². The molecule has 2 N–H and O–H groups in total. The molecule has 1 aromatic carbocycles. The number of H-pyrrole nitrogens is 1. The van der Waals surface area contributed by atoms with E-state index in [1.54, 1.807) is 20.0 Å². The van der Waals surface area contributed by atoms with Gasteiger partial charge in [-0.15, -0.1) is 0 Å². The molecule has 0 saturated carbocycles. The standard InChI is InChI=1S/C21H26N4O2/c1-5-8-19-24-16-9-6-7-10-18(16)25(19)15(4)21(27)23-12-17-14(3)20(26)13(2)11-22-17/h6-7,9-11,15H,5,8,12H2,1-4H3,(H,22,26)(H,23,27)/t15-/m1/s1. The molecule has 0 aliphatic carbocycles. The Balaban J connectivity index is 1.84. The third kappa shape index (κ3) is 3.65. The number of fused-ring (bicyclic) bond motifs is 1. The molecule has 6 heteroatoms. The van der Waals surface area contributed by atoms with Gasteiger partial charge in [0.2, 0.25) is 5.91 Å². The highest BCUT2D eigenvalue weighted by molar-refractivity contribution is 5.84. The fourth-order valence-electron chi connectivity index (χ4n) is 3.35. The second kappa shape index (κ2) is 7.78. The molecule has 6 nitrogen and oxygen atoms in total. The maximum Gasteiger partial charge on any atom is 0.243 e. The van der Waals surface area contributed by atoms with E-state index in [4.69, 9.17) is 4.98 Å². The number of para-hydroxylation sites is 2. The molecule has 27 heavy (non-hydrogen) atoms. The number of pyridine rings is 1. The number of hydrogen-bond donors (Lipinski definition) is 2. The van der Waals surface area contributed by atoms with Gasteiger partial charge < -0.3 is 14.9 Å². The second-order valence-electron chi connectivity index (χ2n) is 6.93. The zero-order valence-corrected chi connectivity index (χ0v) is 16.3. The van der Waals surface area contributed by atoms with E-state index in [2.05, 4.69) is 17.2 Å². The van der Waals surface area contributed by atoms with E-state index in [0.29, 0.717) is 17.7 Å². The largest absolute Gasteiger partial charge is 0.363 e. The van der Waals surface area contributed by atoms with Crippen LogP contribution in [0.4, 0.5) is 0 Å². The average molecular weight is 366 g/mol. The minimum atomic E-state index is -0.392. The van der Waals surface area contributed by atoms with E-state index in [9.17, 15) is 9.59 Å². The van der Waals surface area contributed by atoms with Gasteiger partial charge in [-0.05, 0) is 39.3 Å². The highest BCUT2D eigenvalue weighted by Gasteiger charge is 2.21. The van der Waals surface area contributed by atoms with Crippen LogP contribution in [0, 0.1) is 13.8 Å². The Labute approximate surface area is 158 Å². The van der Waals surface area contributed by atoms with E-state index in [1.807, 2.05) is 35.8 Å². The number of carbonyl (C=O) groups is 1. The Kier molecular flexibility index (Phi) is 5.44. The van der Waals surface area contributed by atoms with Gasteiger partial charge in [-0.25, -0.2) is 4.98 Å². The molecule has 1 atom stereocenters. The lowest BCUT2D eigenvalue weighted by atomic mass is 10.1. The molecular weight excluding hydrogens is 340 g/mol. The zero-order chi connectivity index (χ0) is 19.6. The maximum absolute atomic E-state index is 12.8. The van der Waals surface area contributed by atoms with E-state index in [1.165, 1.54) is 0 Å². The van der Waals surface area contributed by atoms with Crippen molar-refractivity contribution in [3.63, 3.8) is 0 Å². The van der Waals surface area contributed by atoms with Crippen LogP contribution in [-0.2, 0) is 17.8 Å². The van der Waals surface area contributed by atoms with Crippen molar-refractivity contribution in [3.05, 3.63) is 63.3 Å². The Morgan fingerprint density at radius 2 is 2.04 bits per heavy atom. The van der Waals surface area contributed by atoms with Gasteiger partial charge in [0.05, 0.1) is 17.6 Å². The highest BCUT2D eigenvalue weighted by atomic mass is 16.2. The number of imidazole rings is 1. The van der Waals surface area contributed by atoms with Crippen molar-refractivity contribution in [3.8, 4) is 0 Å². The number of carbonyl (C=O) groups excluding carboxylic acids is 1. The van der Waals surface area contributed by atoms with Crippen molar-refractivity contribution in [1.82, 2.24) is 19.9 Å². The summed E-state index contributed by atoms with van der Waals surface area (Å²) in [6, 6.07) is 7.48. The lowest BCUT2D eigenvalue weighted by molar-refractivity contribution is -0.124. The molecule has 1 amide bonds. The SMILES string of the molecule is CCCc1nc2ccccc2n1[C@H](C)C(=O)NCc1[nH]cc(C)c(=O)c1C. The number of aromatic amines is 1. The van der Waals surface area contributed by atoms with Gasteiger partial charge in [0.1, 0.15) is 11.9 Å². The summed E-state index contributed by atoms with van der Waals surface area (Å²) in [7, 11) is 0. The molecule has 2 heterocycles. The molecule has 0 spiro atoms. The average Bonchev–Trinajstić information content (AvgIpc) is 3.03. The molecule has 0 unspecified atom stereocenters. The summed E-state index contributed by atoms with van der Waals surface area (Å²) < 4.78 is 2.01. The Hall–Kier alpha value is -2.89. The van der Waals surface area contributed by atoms with Gasteiger partial charge in [-0.2, -0.15) is 0 Å². The van der Waals surface area contributed by atoms with Crippen molar-refractivity contribution in [1.29, 1.82) is 0 Å². The summed E-state index contributed by atoms with van der Waals surface area (Å²) in [5.41, 5.74) is 3.92. The lowest BCUT2D eigenvalue weighted by Gasteiger charge is -2.18. The predicted molar refractivity (Wildman–Crippen MR) is 107 cm³/mol. The third-order valence-corrected chi connectivity index (χ3v) is 4.96. The van der Waals surface area contributed by atoms with Crippen LogP contribution in [0.15, 0.2) is 35.3 Å². The van der Waals surface area contributed by atoms with Gasteiger partial charge in [0.25, 0.3) is 0 Å². The van der Waals surface area contributed by atoms with Crippen molar-refractivity contribution < 1.29 is 4.79 Å². The molecule has 3 aromatic rings. The molecule has 0 radical (unpaired) electrons. The Bertz CT molecular complexity index is 1030. The molecule has 0 aliphatic rings. The maximum atomic E-state index is 12.8. The number of benzene rings is 1. The van der Waals surface area contributed by atoms with Gasteiger partial charge in [-0.1, -0.05) is 19.1 Å².